The minimum absolute atomic E-state index is 0.0282. The summed E-state index contributed by atoms with van der Waals surface area (Å²) in [7, 11) is 0. The van der Waals surface area contributed by atoms with Crippen molar-refractivity contribution in [3.8, 4) is 0 Å². The van der Waals surface area contributed by atoms with Crippen LogP contribution in [0.15, 0.2) is 24.3 Å². The Morgan fingerprint density at radius 2 is 1.21 bits per heavy atom. The van der Waals surface area contributed by atoms with Crippen LogP contribution in [-0.4, -0.2) is 84.9 Å². The van der Waals surface area contributed by atoms with Crippen molar-refractivity contribution < 1.29 is 19.1 Å². The number of urea groups is 1. The van der Waals surface area contributed by atoms with E-state index in [1.807, 2.05) is 25.7 Å². The number of nitrogens with zero attached hydrogens (tertiary/aromatic N) is 3. The smallest absolute Gasteiger partial charge is 0.320 e. The molecule has 2 aliphatic rings. The Bertz CT molecular complexity index is 725. The van der Waals surface area contributed by atoms with Crippen LogP contribution >= 0.6 is 0 Å². The lowest BCUT2D eigenvalue weighted by molar-refractivity contribution is 0.0362. The van der Waals surface area contributed by atoms with Gasteiger partial charge in [0.25, 0.3) is 5.91 Å². The molecule has 2 fully saturated rings. The summed E-state index contributed by atoms with van der Waals surface area (Å²) in [6, 6.07) is 6.90. The normalized spacial score (nSPS) is 18.2. The van der Waals surface area contributed by atoms with E-state index in [4.69, 9.17) is 4.74 Å². The van der Waals surface area contributed by atoms with Gasteiger partial charge in [-0.2, -0.15) is 0 Å². The van der Waals surface area contributed by atoms with Gasteiger partial charge in [-0.05, 0) is 12.1 Å². The minimum Gasteiger partial charge on any atom is -0.378 e. The Balaban J connectivity index is 1.56. The van der Waals surface area contributed by atoms with Crippen LogP contribution in [0.2, 0.25) is 0 Å². The van der Waals surface area contributed by atoms with Crippen molar-refractivity contribution in [2.75, 3.05) is 52.5 Å². The van der Waals surface area contributed by atoms with Gasteiger partial charge in [-0.25, -0.2) is 4.79 Å². The van der Waals surface area contributed by atoms with Crippen LogP contribution in [0.25, 0.3) is 0 Å². The van der Waals surface area contributed by atoms with Crippen molar-refractivity contribution in [3.63, 3.8) is 0 Å². The molecule has 152 valence electrons. The highest BCUT2D eigenvalue weighted by atomic mass is 16.5. The van der Waals surface area contributed by atoms with Gasteiger partial charge >= 0.3 is 6.03 Å². The highest BCUT2D eigenvalue weighted by molar-refractivity contribution is 6.01. The van der Waals surface area contributed by atoms with Crippen molar-refractivity contribution in [1.82, 2.24) is 14.7 Å². The summed E-state index contributed by atoms with van der Waals surface area (Å²) < 4.78 is 5.29. The molecule has 0 spiro atoms. The number of Topliss-reactive ketones (excluding diaryl/α,β-unsaturated/α-hetero) is 1. The Morgan fingerprint density at radius 1 is 0.750 bits per heavy atom. The van der Waals surface area contributed by atoms with Gasteiger partial charge in [0.2, 0.25) is 0 Å². The lowest BCUT2D eigenvalue weighted by Gasteiger charge is -2.38. The maximum atomic E-state index is 12.8. The Morgan fingerprint density at radius 3 is 1.75 bits per heavy atom. The fourth-order valence-electron chi connectivity index (χ4n) is 3.44. The molecule has 7 nitrogen and oxygen atoms in total. The summed E-state index contributed by atoms with van der Waals surface area (Å²) in [5.74, 6) is -0.00466. The molecule has 2 aliphatic heterocycles. The molecule has 28 heavy (non-hydrogen) atoms. The summed E-state index contributed by atoms with van der Waals surface area (Å²) >= 11 is 0. The fourth-order valence-corrected chi connectivity index (χ4v) is 3.44. The highest BCUT2D eigenvalue weighted by Gasteiger charge is 2.29. The Hall–Kier alpha value is -2.41. The molecule has 0 unspecified atom stereocenters. The van der Waals surface area contributed by atoms with Crippen molar-refractivity contribution in [1.29, 1.82) is 0 Å². The average molecular weight is 387 g/mol. The van der Waals surface area contributed by atoms with Gasteiger partial charge in [-0.3, -0.25) is 9.59 Å². The van der Waals surface area contributed by atoms with Crippen LogP contribution in [0, 0.1) is 5.41 Å². The topological polar surface area (TPSA) is 70.2 Å². The zero-order valence-electron chi connectivity index (χ0n) is 16.9. The van der Waals surface area contributed by atoms with Gasteiger partial charge in [-0.15, -0.1) is 0 Å². The molecule has 3 amide bonds. The molecule has 0 atom stereocenters. The van der Waals surface area contributed by atoms with Crippen molar-refractivity contribution in [2.45, 2.75) is 20.8 Å². The second-order valence-electron chi connectivity index (χ2n) is 8.32. The zero-order chi connectivity index (χ0) is 20.3. The lowest BCUT2D eigenvalue weighted by atomic mass is 9.86. The van der Waals surface area contributed by atoms with Gasteiger partial charge in [0.05, 0.1) is 13.2 Å². The van der Waals surface area contributed by atoms with E-state index in [1.54, 1.807) is 34.1 Å². The molecule has 1 aromatic rings. The van der Waals surface area contributed by atoms with Gasteiger partial charge in [0, 0.05) is 55.8 Å². The zero-order valence-corrected chi connectivity index (χ0v) is 16.9. The van der Waals surface area contributed by atoms with Gasteiger partial charge in [-0.1, -0.05) is 32.9 Å². The van der Waals surface area contributed by atoms with Crippen LogP contribution in [0.4, 0.5) is 4.79 Å². The minimum atomic E-state index is -0.450. The number of ketones is 1. The van der Waals surface area contributed by atoms with Crippen molar-refractivity contribution in [2.24, 2.45) is 5.41 Å². The first kappa shape index (κ1) is 20.3. The van der Waals surface area contributed by atoms with E-state index in [0.717, 1.165) is 0 Å². The van der Waals surface area contributed by atoms with E-state index < -0.39 is 5.41 Å². The van der Waals surface area contributed by atoms with E-state index in [1.165, 1.54) is 0 Å². The molecule has 0 radical (unpaired) electrons. The van der Waals surface area contributed by atoms with Gasteiger partial charge in [0.1, 0.15) is 0 Å². The number of rotatable bonds is 2. The standard InChI is InChI=1S/C21H29N3O4/c1-21(2,3)18(25)16-4-6-17(7-5-16)19(26)22-8-10-23(11-9-22)20(27)24-12-14-28-15-13-24/h4-7H,8-15H2,1-3H3. The molecular formula is C21H29N3O4. The molecule has 0 bridgehead atoms. The number of benzene rings is 1. The van der Waals surface area contributed by atoms with Crippen LogP contribution in [-0.2, 0) is 4.74 Å². The summed E-state index contributed by atoms with van der Waals surface area (Å²) in [5.41, 5.74) is 0.734. The van der Waals surface area contributed by atoms with Crippen LogP contribution in [0.3, 0.4) is 0 Å². The van der Waals surface area contributed by atoms with E-state index in [9.17, 15) is 14.4 Å². The largest absolute Gasteiger partial charge is 0.378 e. The number of ether oxygens (including phenoxy) is 1. The second-order valence-corrected chi connectivity index (χ2v) is 8.32. The third-order valence-corrected chi connectivity index (χ3v) is 5.19. The third kappa shape index (κ3) is 4.52. The molecule has 0 aliphatic carbocycles. The second kappa shape index (κ2) is 8.31. The van der Waals surface area contributed by atoms with Crippen molar-refractivity contribution >= 4 is 17.7 Å². The van der Waals surface area contributed by atoms with E-state index in [-0.39, 0.29) is 17.7 Å². The lowest BCUT2D eigenvalue weighted by Crippen LogP contribution is -2.55. The molecule has 7 heteroatoms. The predicted molar refractivity (Wildman–Crippen MR) is 105 cm³/mol. The first-order chi connectivity index (χ1) is 13.3. The number of morpholine rings is 1. The first-order valence-electron chi connectivity index (χ1n) is 9.83. The maximum Gasteiger partial charge on any atom is 0.320 e. The summed E-state index contributed by atoms with van der Waals surface area (Å²) in [6.45, 7) is 10.1. The summed E-state index contributed by atoms with van der Waals surface area (Å²) in [5, 5.41) is 0. The van der Waals surface area contributed by atoms with Gasteiger partial charge < -0.3 is 19.4 Å². The highest BCUT2D eigenvalue weighted by Crippen LogP contribution is 2.21. The molecular weight excluding hydrogens is 358 g/mol. The monoisotopic (exact) mass is 387 g/mol. The summed E-state index contributed by atoms with van der Waals surface area (Å²) in [4.78, 5) is 43.0. The quantitative estimate of drug-likeness (QED) is 0.729. The molecule has 0 N–H and O–H groups in total. The van der Waals surface area contributed by atoms with Crippen LogP contribution in [0.1, 0.15) is 41.5 Å². The number of piperazine rings is 1. The van der Waals surface area contributed by atoms with E-state index >= 15 is 0 Å². The van der Waals surface area contributed by atoms with Crippen molar-refractivity contribution in [3.05, 3.63) is 35.4 Å². The molecule has 2 heterocycles. The third-order valence-electron chi connectivity index (χ3n) is 5.19. The Labute approximate surface area is 166 Å². The molecule has 2 saturated heterocycles. The number of carbonyl (C=O) groups is 3. The molecule has 0 aromatic heterocycles. The van der Waals surface area contributed by atoms with E-state index in [0.29, 0.717) is 63.6 Å². The number of hydrogen-bond acceptors (Lipinski definition) is 4. The number of amides is 3. The number of hydrogen-bond donors (Lipinski definition) is 0. The van der Waals surface area contributed by atoms with Gasteiger partial charge in [0.15, 0.2) is 5.78 Å². The molecule has 0 saturated carbocycles. The Kier molecular flexibility index (Phi) is 6.03. The first-order valence-corrected chi connectivity index (χ1v) is 9.83. The SMILES string of the molecule is CC(C)(C)C(=O)c1ccc(C(=O)N2CCN(C(=O)N3CCOCC3)CC2)cc1. The summed E-state index contributed by atoms with van der Waals surface area (Å²) in [6.07, 6.45) is 0. The average Bonchev–Trinajstić information content (AvgIpc) is 2.72. The molecule has 3 rings (SSSR count). The molecule has 1 aromatic carbocycles. The van der Waals surface area contributed by atoms with Crippen LogP contribution in [0.5, 0.6) is 0 Å². The fraction of sp³-hybridized carbons (Fsp3) is 0.571. The number of carbonyl (C=O) groups excluding carboxylic acids is 3. The predicted octanol–water partition coefficient (Wildman–Crippen LogP) is 2.13. The van der Waals surface area contributed by atoms with Crippen LogP contribution < -0.4 is 0 Å². The maximum absolute atomic E-state index is 12.8. The van der Waals surface area contributed by atoms with E-state index in [2.05, 4.69) is 0 Å².